The van der Waals surface area contributed by atoms with Crippen LogP contribution in [-0.2, 0) is 4.79 Å². The van der Waals surface area contributed by atoms with Crippen LogP contribution in [0.25, 0.3) is 11.3 Å². The van der Waals surface area contributed by atoms with Gasteiger partial charge in [-0.1, -0.05) is 19.1 Å². The number of anilines is 1. The quantitative estimate of drug-likeness (QED) is 0.897. The number of aromatic nitrogens is 1. The van der Waals surface area contributed by atoms with Crippen LogP contribution >= 0.6 is 0 Å². The van der Waals surface area contributed by atoms with Gasteiger partial charge in [0.05, 0.1) is 5.92 Å². The van der Waals surface area contributed by atoms with Gasteiger partial charge in [0.15, 0.2) is 5.89 Å². The maximum atomic E-state index is 11.9. The third kappa shape index (κ3) is 3.24. The van der Waals surface area contributed by atoms with E-state index in [9.17, 15) is 4.79 Å². The number of nitrogens with zero attached hydrogens (tertiary/aromatic N) is 1. The lowest BCUT2D eigenvalue weighted by molar-refractivity contribution is -0.119. The standard InChI is InChI=1S/C15H19N3O2/c1-9(10(2)16)15(19)18-13-6-4-12(5-7-13)14-8-20-11(3)17-14/h4-10H,16H2,1-3H3,(H,18,19). The molecule has 0 spiro atoms. The number of benzene rings is 1. The minimum atomic E-state index is -0.229. The van der Waals surface area contributed by atoms with Gasteiger partial charge in [0, 0.05) is 24.2 Å². The number of hydrogen-bond acceptors (Lipinski definition) is 4. The summed E-state index contributed by atoms with van der Waals surface area (Å²) in [5, 5.41) is 2.84. The Morgan fingerprint density at radius 2 is 1.95 bits per heavy atom. The zero-order valence-electron chi connectivity index (χ0n) is 11.9. The summed E-state index contributed by atoms with van der Waals surface area (Å²) < 4.78 is 5.18. The molecule has 2 rings (SSSR count). The summed E-state index contributed by atoms with van der Waals surface area (Å²) in [4.78, 5) is 16.1. The molecule has 0 aliphatic heterocycles. The molecule has 5 nitrogen and oxygen atoms in total. The molecule has 0 bridgehead atoms. The molecule has 2 aromatic rings. The number of nitrogens with one attached hydrogen (secondary N) is 1. The van der Waals surface area contributed by atoms with Crippen molar-refractivity contribution in [3.05, 3.63) is 36.4 Å². The minimum absolute atomic E-state index is 0.0787. The molecule has 1 aromatic heterocycles. The van der Waals surface area contributed by atoms with Crippen LogP contribution in [0.3, 0.4) is 0 Å². The molecule has 1 heterocycles. The highest BCUT2D eigenvalue weighted by molar-refractivity contribution is 5.92. The number of carbonyl (C=O) groups is 1. The van der Waals surface area contributed by atoms with Crippen molar-refractivity contribution < 1.29 is 9.21 Å². The normalized spacial score (nSPS) is 13.8. The molecule has 2 unspecified atom stereocenters. The molecule has 3 N–H and O–H groups in total. The van der Waals surface area contributed by atoms with E-state index in [0.717, 1.165) is 16.9 Å². The lowest BCUT2D eigenvalue weighted by Gasteiger charge is -2.15. The van der Waals surface area contributed by atoms with Gasteiger partial charge in [0.1, 0.15) is 12.0 Å². The van der Waals surface area contributed by atoms with Gasteiger partial charge in [-0.3, -0.25) is 4.79 Å². The van der Waals surface area contributed by atoms with Crippen molar-refractivity contribution in [3.63, 3.8) is 0 Å². The highest BCUT2D eigenvalue weighted by Gasteiger charge is 2.16. The zero-order chi connectivity index (χ0) is 14.7. The van der Waals surface area contributed by atoms with Gasteiger partial charge in [0.25, 0.3) is 0 Å². The van der Waals surface area contributed by atoms with Crippen LogP contribution < -0.4 is 11.1 Å². The van der Waals surface area contributed by atoms with Gasteiger partial charge in [-0.05, 0) is 19.1 Å². The molecule has 0 fully saturated rings. The first-order chi connectivity index (χ1) is 9.47. The SMILES string of the molecule is Cc1nc(-c2ccc(NC(=O)C(C)C(C)N)cc2)co1. The summed E-state index contributed by atoms with van der Waals surface area (Å²) in [5.74, 6) is 0.320. The summed E-state index contributed by atoms with van der Waals surface area (Å²) in [5.41, 5.74) is 8.18. The van der Waals surface area contributed by atoms with Crippen LogP contribution in [0.2, 0.25) is 0 Å². The molecule has 5 heteroatoms. The van der Waals surface area contributed by atoms with Crippen LogP contribution in [-0.4, -0.2) is 16.9 Å². The summed E-state index contributed by atoms with van der Waals surface area (Å²) in [7, 11) is 0. The average molecular weight is 273 g/mol. The second-order valence-electron chi connectivity index (χ2n) is 4.97. The highest BCUT2D eigenvalue weighted by atomic mass is 16.3. The lowest BCUT2D eigenvalue weighted by Crippen LogP contribution is -2.34. The van der Waals surface area contributed by atoms with Crippen LogP contribution in [0.1, 0.15) is 19.7 Å². The molecule has 0 aliphatic rings. The van der Waals surface area contributed by atoms with Crippen molar-refractivity contribution in [2.45, 2.75) is 26.8 Å². The van der Waals surface area contributed by atoms with Crippen molar-refractivity contribution in [3.8, 4) is 11.3 Å². The van der Waals surface area contributed by atoms with E-state index in [1.807, 2.05) is 38.1 Å². The van der Waals surface area contributed by atoms with Gasteiger partial charge in [-0.25, -0.2) is 4.98 Å². The fourth-order valence-corrected chi connectivity index (χ4v) is 1.72. The fourth-order valence-electron chi connectivity index (χ4n) is 1.72. The average Bonchev–Trinajstić information content (AvgIpc) is 2.85. The first-order valence-electron chi connectivity index (χ1n) is 6.56. The van der Waals surface area contributed by atoms with E-state index in [1.54, 1.807) is 13.2 Å². The Morgan fingerprint density at radius 3 is 2.45 bits per heavy atom. The molecule has 0 saturated carbocycles. The molecule has 20 heavy (non-hydrogen) atoms. The molecule has 0 aliphatic carbocycles. The van der Waals surface area contributed by atoms with Gasteiger partial charge in [0.2, 0.25) is 5.91 Å². The maximum Gasteiger partial charge on any atom is 0.228 e. The highest BCUT2D eigenvalue weighted by Crippen LogP contribution is 2.21. The molecule has 0 radical (unpaired) electrons. The van der Waals surface area contributed by atoms with E-state index in [0.29, 0.717) is 5.89 Å². The van der Waals surface area contributed by atoms with E-state index in [-0.39, 0.29) is 17.9 Å². The monoisotopic (exact) mass is 273 g/mol. The third-order valence-electron chi connectivity index (χ3n) is 3.27. The van der Waals surface area contributed by atoms with Gasteiger partial charge >= 0.3 is 0 Å². The largest absolute Gasteiger partial charge is 0.449 e. The third-order valence-corrected chi connectivity index (χ3v) is 3.27. The van der Waals surface area contributed by atoms with E-state index in [2.05, 4.69) is 10.3 Å². The van der Waals surface area contributed by atoms with Gasteiger partial charge in [-0.2, -0.15) is 0 Å². The number of hydrogen-bond donors (Lipinski definition) is 2. The first-order valence-corrected chi connectivity index (χ1v) is 6.56. The smallest absolute Gasteiger partial charge is 0.228 e. The molecule has 1 aromatic carbocycles. The fraction of sp³-hybridized carbons (Fsp3) is 0.333. The Balaban J connectivity index is 2.07. The molecule has 0 saturated heterocycles. The van der Waals surface area contributed by atoms with E-state index in [4.69, 9.17) is 10.2 Å². The summed E-state index contributed by atoms with van der Waals surface area (Å²) >= 11 is 0. The zero-order valence-corrected chi connectivity index (χ0v) is 11.9. The predicted molar refractivity (Wildman–Crippen MR) is 78.1 cm³/mol. The van der Waals surface area contributed by atoms with E-state index >= 15 is 0 Å². The van der Waals surface area contributed by atoms with Gasteiger partial charge < -0.3 is 15.5 Å². The topological polar surface area (TPSA) is 81.2 Å². The van der Waals surface area contributed by atoms with Crippen molar-refractivity contribution in [1.29, 1.82) is 0 Å². The van der Waals surface area contributed by atoms with Crippen LogP contribution in [0, 0.1) is 12.8 Å². The molecule has 2 atom stereocenters. The maximum absolute atomic E-state index is 11.9. The Morgan fingerprint density at radius 1 is 1.30 bits per heavy atom. The second kappa shape index (κ2) is 5.88. The number of aryl methyl sites for hydroxylation is 1. The van der Waals surface area contributed by atoms with E-state index < -0.39 is 0 Å². The number of amides is 1. The van der Waals surface area contributed by atoms with Crippen LogP contribution in [0.5, 0.6) is 0 Å². The van der Waals surface area contributed by atoms with Crippen molar-refractivity contribution in [1.82, 2.24) is 4.98 Å². The predicted octanol–water partition coefficient (Wildman–Crippen LogP) is 2.57. The summed E-state index contributed by atoms with van der Waals surface area (Å²) in [6.45, 7) is 5.43. The molecule has 106 valence electrons. The number of nitrogens with two attached hydrogens (primary N) is 1. The number of oxazole rings is 1. The van der Waals surface area contributed by atoms with Crippen molar-refractivity contribution in [2.75, 3.05) is 5.32 Å². The summed E-state index contributed by atoms with van der Waals surface area (Å²) in [6, 6.07) is 7.29. The second-order valence-corrected chi connectivity index (χ2v) is 4.97. The lowest BCUT2D eigenvalue weighted by atomic mass is 10.0. The Kier molecular flexibility index (Phi) is 4.20. The van der Waals surface area contributed by atoms with Gasteiger partial charge in [-0.15, -0.1) is 0 Å². The first kappa shape index (κ1) is 14.3. The minimum Gasteiger partial charge on any atom is -0.449 e. The number of rotatable bonds is 4. The van der Waals surface area contributed by atoms with Crippen LogP contribution in [0.15, 0.2) is 34.9 Å². The van der Waals surface area contributed by atoms with E-state index in [1.165, 1.54) is 0 Å². The van der Waals surface area contributed by atoms with Crippen LogP contribution in [0.4, 0.5) is 5.69 Å². The van der Waals surface area contributed by atoms with Crippen molar-refractivity contribution in [2.24, 2.45) is 11.7 Å². The summed E-state index contributed by atoms with van der Waals surface area (Å²) in [6.07, 6.45) is 1.61. The molecular weight excluding hydrogens is 254 g/mol. The molecular formula is C15H19N3O2. The number of carbonyl (C=O) groups excluding carboxylic acids is 1. The Bertz CT molecular complexity index is 587. The molecule has 1 amide bonds. The Labute approximate surface area is 118 Å². The Hall–Kier alpha value is -2.14. The van der Waals surface area contributed by atoms with Crippen molar-refractivity contribution >= 4 is 11.6 Å².